The van der Waals surface area contributed by atoms with Crippen LogP contribution in [0.4, 0.5) is 0 Å². The molecule has 3 aliphatic carbocycles. The summed E-state index contributed by atoms with van der Waals surface area (Å²) >= 11 is 0. The molecule has 1 N–H and O–H groups in total. The van der Waals surface area contributed by atoms with Gasteiger partial charge in [0.25, 0.3) is 0 Å². The van der Waals surface area contributed by atoms with Gasteiger partial charge in [0.1, 0.15) is 0 Å². The Hall–Kier alpha value is -0.0800. The minimum absolute atomic E-state index is 0.797. The molecule has 4 aliphatic rings. The first kappa shape index (κ1) is 14.5. The maximum atomic E-state index is 4.05. The summed E-state index contributed by atoms with van der Waals surface area (Å²) in [6, 6.07) is 2.58. The van der Waals surface area contributed by atoms with E-state index in [2.05, 4.69) is 10.2 Å². The van der Waals surface area contributed by atoms with Gasteiger partial charge in [0.2, 0.25) is 0 Å². The van der Waals surface area contributed by atoms with Gasteiger partial charge in [-0.1, -0.05) is 38.5 Å². The highest BCUT2D eigenvalue weighted by Crippen LogP contribution is 2.39. The third-order valence-electron chi connectivity index (χ3n) is 6.60. The zero-order valence-electron chi connectivity index (χ0n) is 13.7. The summed E-state index contributed by atoms with van der Waals surface area (Å²) in [6.07, 6.45) is 17.8. The van der Waals surface area contributed by atoms with Crippen molar-refractivity contribution in [3.8, 4) is 0 Å². The minimum atomic E-state index is 0.797. The molecule has 120 valence electrons. The van der Waals surface area contributed by atoms with Crippen LogP contribution >= 0.6 is 0 Å². The Kier molecular flexibility index (Phi) is 4.55. The van der Waals surface area contributed by atoms with Crippen molar-refractivity contribution in [3.05, 3.63) is 0 Å². The summed E-state index contributed by atoms with van der Waals surface area (Å²) < 4.78 is 0. The molecule has 0 spiro atoms. The van der Waals surface area contributed by atoms with Crippen molar-refractivity contribution in [1.29, 1.82) is 0 Å². The van der Waals surface area contributed by atoms with E-state index in [4.69, 9.17) is 0 Å². The maximum absolute atomic E-state index is 4.05. The Morgan fingerprint density at radius 1 is 0.714 bits per heavy atom. The number of piperidine rings is 1. The number of rotatable bonds is 5. The second kappa shape index (κ2) is 6.58. The van der Waals surface area contributed by atoms with Gasteiger partial charge in [-0.2, -0.15) is 0 Å². The minimum Gasteiger partial charge on any atom is -0.310 e. The van der Waals surface area contributed by atoms with Gasteiger partial charge in [0.05, 0.1) is 0 Å². The highest BCUT2D eigenvalue weighted by Gasteiger charge is 2.36. The maximum Gasteiger partial charge on any atom is 0.0200 e. The molecular weight excluding hydrogens is 256 g/mol. The highest BCUT2D eigenvalue weighted by atomic mass is 15.2. The summed E-state index contributed by atoms with van der Waals surface area (Å²) in [5, 5.41) is 4.05. The molecule has 0 radical (unpaired) electrons. The first-order valence-electron chi connectivity index (χ1n) is 9.87. The highest BCUT2D eigenvalue weighted by molar-refractivity contribution is 4.92. The standard InChI is InChI=1S/C19H34N2/c1-2-6-17(5-1)20-18-12-16(11-15-9-10-15)13-21(14-18)19-7-3-4-8-19/h15-20H,1-14H2. The van der Waals surface area contributed by atoms with Crippen LogP contribution in [0.15, 0.2) is 0 Å². The van der Waals surface area contributed by atoms with Crippen LogP contribution in [-0.2, 0) is 0 Å². The Morgan fingerprint density at radius 2 is 1.43 bits per heavy atom. The van der Waals surface area contributed by atoms with Crippen molar-refractivity contribution >= 4 is 0 Å². The molecule has 0 aromatic rings. The van der Waals surface area contributed by atoms with E-state index in [0.717, 1.165) is 30.0 Å². The molecule has 0 amide bonds. The molecule has 1 heterocycles. The molecule has 1 saturated heterocycles. The van der Waals surface area contributed by atoms with Crippen LogP contribution in [0.25, 0.3) is 0 Å². The van der Waals surface area contributed by atoms with Crippen molar-refractivity contribution in [2.45, 2.75) is 95.2 Å². The Balaban J connectivity index is 1.36. The van der Waals surface area contributed by atoms with Crippen LogP contribution in [0.1, 0.15) is 77.0 Å². The van der Waals surface area contributed by atoms with Crippen LogP contribution in [-0.4, -0.2) is 36.1 Å². The van der Waals surface area contributed by atoms with Crippen molar-refractivity contribution in [2.24, 2.45) is 11.8 Å². The predicted octanol–water partition coefficient (Wildman–Crippen LogP) is 3.95. The van der Waals surface area contributed by atoms with E-state index >= 15 is 0 Å². The Morgan fingerprint density at radius 3 is 2.14 bits per heavy atom. The second-order valence-electron chi connectivity index (χ2n) is 8.52. The molecule has 2 nitrogen and oxygen atoms in total. The molecule has 0 aromatic heterocycles. The van der Waals surface area contributed by atoms with Crippen LogP contribution in [0, 0.1) is 11.8 Å². The lowest BCUT2D eigenvalue weighted by molar-refractivity contribution is 0.0890. The fourth-order valence-electron chi connectivity index (χ4n) is 5.35. The van der Waals surface area contributed by atoms with E-state index in [0.29, 0.717) is 0 Å². The van der Waals surface area contributed by atoms with E-state index in [1.54, 1.807) is 0 Å². The van der Waals surface area contributed by atoms with E-state index in [-0.39, 0.29) is 0 Å². The van der Waals surface area contributed by atoms with Gasteiger partial charge >= 0.3 is 0 Å². The monoisotopic (exact) mass is 290 g/mol. The quantitative estimate of drug-likeness (QED) is 0.824. The second-order valence-corrected chi connectivity index (χ2v) is 8.52. The average Bonchev–Trinajstić information content (AvgIpc) is 2.97. The van der Waals surface area contributed by atoms with Crippen LogP contribution in [0.3, 0.4) is 0 Å². The third kappa shape index (κ3) is 3.82. The van der Waals surface area contributed by atoms with Gasteiger partial charge in [-0.05, 0) is 50.4 Å². The average molecular weight is 290 g/mol. The Labute approximate surface area is 131 Å². The fraction of sp³-hybridized carbons (Fsp3) is 1.00. The molecule has 1 aliphatic heterocycles. The summed E-state index contributed by atoms with van der Waals surface area (Å²) in [4.78, 5) is 2.90. The van der Waals surface area contributed by atoms with Crippen LogP contribution in [0.2, 0.25) is 0 Å². The van der Waals surface area contributed by atoms with E-state index in [1.165, 1.54) is 90.1 Å². The van der Waals surface area contributed by atoms with Gasteiger partial charge < -0.3 is 5.32 Å². The molecule has 0 bridgehead atoms. The van der Waals surface area contributed by atoms with E-state index in [9.17, 15) is 0 Å². The normalized spacial score (nSPS) is 36.6. The van der Waals surface area contributed by atoms with E-state index < -0.39 is 0 Å². The molecular formula is C19H34N2. The van der Waals surface area contributed by atoms with Gasteiger partial charge in [-0.3, -0.25) is 4.90 Å². The SMILES string of the molecule is C1CCC(NC2CC(CC3CC3)CN(C3CCCC3)C2)C1. The lowest BCUT2D eigenvalue weighted by atomic mass is 9.88. The van der Waals surface area contributed by atoms with Crippen molar-refractivity contribution in [1.82, 2.24) is 10.2 Å². The fourth-order valence-corrected chi connectivity index (χ4v) is 5.35. The Bertz CT molecular complexity index is 326. The first-order chi connectivity index (χ1) is 10.4. The molecule has 3 saturated carbocycles. The van der Waals surface area contributed by atoms with Crippen LogP contribution < -0.4 is 5.32 Å². The number of hydrogen-bond donors (Lipinski definition) is 1. The lowest BCUT2D eigenvalue weighted by Crippen LogP contribution is -2.53. The zero-order valence-corrected chi connectivity index (χ0v) is 13.7. The smallest absolute Gasteiger partial charge is 0.0200 e. The zero-order chi connectivity index (χ0) is 14.1. The first-order valence-corrected chi connectivity index (χ1v) is 9.87. The number of nitrogens with one attached hydrogen (secondary N) is 1. The number of likely N-dealkylation sites (tertiary alicyclic amines) is 1. The van der Waals surface area contributed by atoms with E-state index in [1.807, 2.05) is 0 Å². The van der Waals surface area contributed by atoms with Crippen LogP contribution in [0.5, 0.6) is 0 Å². The largest absolute Gasteiger partial charge is 0.310 e. The van der Waals surface area contributed by atoms with Gasteiger partial charge in [0, 0.05) is 31.2 Å². The van der Waals surface area contributed by atoms with Crippen molar-refractivity contribution in [3.63, 3.8) is 0 Å². The lowest BCUT2D eigenvalue weighted by Gasteiger charge is -2.42. The van der Waals surface area contributed by atoms with Crippen molar-refractivity contribution in [2.75, 3.05) is 13.1 Å². The van der Waals surface area contributed by atoms with Gasteiger partial charge in [-0.25, -0.2) is 0 Å². The molecule has 4 fully saturated rings. The molecule has 2 atom stereocenters. The number of nitrogens with zero attached hydrogens (tertiary/aromatic N) is 1. The van der Waals surface area contributed by atoms with Gasteiger partial charge in [0.15, 0.2) is 0 Å². The molecule has 2 heteroatoms. The summed E-state index contributed by atoms with van der Waals surface area (Å²) in [7, 11) is 0. The summed E-state index contributed by atoms with van der Waals surface area (Å²) in [5.41, 5.74) is 0. The number of hydrogen-bond acceptors (Lipinski definition) is 2. The van der Waals surface area contributed by atoms with Gasteiger partial charge in [-0.15, -0.1) is 0 Å². The third-order valence-corrected chi connectivity index (χ3v) is 6.60. The van der Waals surface area contributed by atoms with Crippen molar-refractivity contribution < 1.29 is 0 Å². The molecule has 0 aromatic carbocycles. The molecule has 21 heavy (non-hydrogen) atoms. The summed E-state index contributed by atoms with van der Waals surface area (Å²) in [5.74, 6) is 2.09. The summed E-state index contributed by atoms with van der Waals surface area (Å²) in [6.45, 7) is 2.77. The topological polar surface area (TPSA) is 15.3 Å². The molecule has 4 rings (SSSR count). The predicted molar refractivity (Wildman–Crippen MR) is 88.5 cm³/mol. The molecule has 2 unspecified atom stereocenters.